The zero-order chi connectivity index (χ0) is 23.3. The predicted octanol–water partition coefficient (Wildman–Crippen LogP) is 4.22. The number of hydrogen-bond donors (Lipinski definition) is 0. The van der Waals surface area contributed by atoms with Gasteiger partial charge >= 0.3 is 5.97 Å². The van der Waals surface area contributed by atoms with Crippen LogP contribution in [0.2, 0.25) is 0 Å². The lowest BCUT2D eigenvalue weighted by atomic mass is 9.42. The Morgan fingerprint density at radius 3 is 2.73 bits per heavy atom. The fourth-order valence-corrected chi connectivity index (χ4v) is 8.54. The molecule has 2 aliphatic heterocycles. The lowest BCUT2D eigenvalue weighted by Gasteiger charge is -2.60. The Labute approximate surface area is 194 Å². The summed E-state index contributed by atoms with van der Waals surface area (Å²) < 4.78 is 23.8. The van der Waals surface area contributed by atoms with E-state index in [9.17, 15) is 9.59 Å². The van der Waals surface area contributed by atoms with Gasteiger partial charge in [0.1, 0.15) is 0 Å². The van der Waals surface area contributed by atoms with Crippen LogP contribution < -0.4 is 0 Å². The van der Waals surface area contributed by atoms with Crippen molar-refractivity contribution >= 4 is 11.8 Å². The number of rotatable bonds is 3. The molecule has 0 bridgehead atoms. The molecular weight excluding hydrogens is 420 g/mol. The van der Waals surface area contributed by atoms with E-state index in [-0.39, 0.29) is 59.7 Å². The second-order valence-electron chi connectivity index (χ2n) is 11.3. The number of methoxy groups -OCH3 is 1. The molecule has 2 saturated heterocycles. The van der Waals surface area contributed by atoms with Crippen molar-refractivity contribution in [3.63, 3.8) is 0 Å². The second kappa shape index (κ2) is 6.70. The number of fused-ring (bicyclic) bond motifs is 4. The smallest absolute Gasteiger partial charge is 0.305 e. The fourth-order valence-electron chi connectivity index (χ4n) is 8.54. The van der Waals surface area contributed by atoms with Gasteiger partial charge < -0.3 is 18.6 Å². The Morgan fingerprint density at radius 2 is 2.03 bits per heavy atom. The van der Waals surface area contributed by atoms with Crippen LogP contribution in [0.25, 0.3) is 0 Å². The highest BCUT2D eigenvalue weighted by Crippen LogP contribution is 2.71. The average molecular weight is 453 g/mol. The molecule has 33 heavy (non-hydrogen) atoms. The van der Waals surface area contributed by atoms with Gasteiger partial charge in [0.15, 0.2) is 5.78 Å². The molecule has 6 rings (SSSR count). The van der Waals surface area contributed by atoms with Gasteiger partial charge in [0.2, 0.25) is 0 Å². The standard InChI is InChI=1S/C27H32O6/c1-14-16(15-7-9-31-12-15)10-17-21(14)27(4)18(11-20(29)30-5)26(3)19(28)6-8-25(2)13-32-22(23(25)26)24(27)33-17/h6-9,12,16-18,22-24H,10-11,13H2,1-5H3/t16-,17?,18-,22-,23?,24-,25+,26+,27-/m1/s1. The van der Waals surface area contributed by atoms with Crippen molar-refractivity contribution in [2.24, 2.45) is 28.1 Å². The number of allylic oxidation sites excluding steroid dienone is 2. The van der Waals surface area contributed by atoms with Gasteiger partial charge in [0.25, 0.3) is 0 Å². The first-order chi connectivity index (χ1) is 15.7. The van der Waals surface area contributed by atoms with E-state index in [0.29, 0.717) is 6.61 Å². The summed E-state index contributed by atoms with van der Waals surface area (Å²) in [6, 6.07) is 2.01. The van der Waals surface area contributed by atoms with E-state index in [1.165, 1.54) is 18.3 Å². The molecule has 3 aliphatic carbocycles. The molecule has 6 heteroatoms. The van der Waals surface area contributed by atoms with Gasteiger partial charge in [-0.3, -0.25) is 9.59 Å². The molecule has 3 fully saturated rings. The van der Waals surface area contributed by atoms with Crippen LogP contribution in [0.3, 0.4) is 0 Å². The molecule has 0 aromatic carbocycles. The number of furan rings is 1. The molecule has 6 nitrogen and oxygen atoms in total. The number of esters is 1. The lowest BCUT2D eigenvalue weighted by molar-refractivity contribution is -0.188. The maximum atomic E-state index is 13.7. The molecule has 1 aromatic rings. The summed E-state index contributed by atoms with van der Waals surface area (Å²) in [7, 11) is 1.42. The lowest BCUT2D eigenvalue weighted by Crippen LogP contribution is -2.66. The monoisotopic (exact) mass is 452 g/mol. The first-order valence-electron chi connectivity index (χ1n) is 12.0. The molecule has 1 saturated carbocycles. The van der Waals surface area contributed by atoms with Gasteiger partial charge in [-0.05, 0) is 42.5 Å². The van der Waals surface area contributed by atoms with E-state index in [1.807, 2.05) is 12.1 Å². The van der Waals surface area contributed by atoms with Crippen LogP contribution in [-0.4, -0.2) is 43.8 Å². The van der Waals surface area contributed by atoms with Gasteiger partial charge in [-0.1, -0.05) is 32.4 Å². The minimum atomic E-state index is -0.747. The average Bonchev–Trinajstić information content (AvgIpc) is 3.54. The van der Waals surface area contributed by atoms with Gasteiger partial charge in [0, 0.05) is 28.1 Å². The normalized spacial score (nSPS) is 47.5. The van der Waals surface area contributed by atoms with Crippen LogP contribution in [0.4, 0.5) is 0 Å². The van der Waals surface area contributed by atoms with Crippen LogP contribution in [0.1, 0.15) is 52.0 Å². The molecule has 0 N–H and O–H groups in total. The van der Waals surface area contributed by atoms with Crippen LogP contribution in [-0.2, 0) is 23.8 Å². The Bertz CT molecular complexity index is 1080. The molecule has 5 aliphatic rings. The van der Waals surface area contributed by atoms with E-state index in [1.54, 1.807) is 18.6 Å². The first-order valence-corrected chi connectivity index (χ1v) is 12.0. The third kappa shape index (κ3) is 2.46. The van der Waals surface area contributed by atoms with E-state index >= 15 is 0 Å². The molecule has 176 valence electrons. The van der Waals surface area contributed by atoms with Gasteiger partial charge in [-0.2, -0.15) is 0 Å². The molecule has 3 heterocycles. The number of carbonyl (C=O) groups excluding carboxylic acids is 2. The SMILES string of the molecule is COC(=O)C[C@H]1[C@]2(C)C3=C(C)[C@H](c4ccoc4)CC3O[C@@H]2[C@@H]2OC[C@]3(C)C=CC(=O)[C@@]1(C)C23. The molecule has 1 aromatic heterocycles. The van der Waals surface area contributed by atoms with E-state index in [4.69, 9.17) is 18.6 Å². The summed E-state index contributed by atoms with van der Waals surface area (Å²) in [5.74, 6) is -0.281. The fraction of sp³-hybridized carbons (Fsp3) is 0.630. The summed E-state index contributed by atoms with van der Waals surface area (Å²) in [5.41, 5.74) is 2.14. The summed E-state index contributed by atoms with van der Waals surface area (Å²) in [6.07, 6.45) is 7.85. The number of carbonyl (C=O) groups is 2. The van der Waals surface area contributed by atoms with Crippen molar-refractivity contribution in [2.45, 2.75) is 64.8 Å². The summed E-state index contributed by atoms with van der Waals surface area (Å²) in [5, 5.41) is 0. The Hall–Kier alpha value is -2.18. The second-order valence-corrected chi connectivity index (χ2v) is 11.3. The van der Waals surface area contributed by atoms with Crippen molar-refractivity contribution in [1.29, 1.82) is 0 Å². The van der Waals surface area contributed by atoms with E-state index < -0.39 is 10.8 Å². The predicted molar refractivity (Wildman–Crippen MR) is 119 cm³/mol. The van der Waals surface area contributed by atoms with Crippen LogP contribution in [0.15, 0.2) is 46.3 Å². The Kier molecular flexibility index (Phi) is 4.33. The molecule has 0 amide bonds. The van der Waals surface area contributed by atoms with E-state index in [0.717, 1.165) is 12.0 Å². The Balaban J connectivity index is 1.56. The number of ketones is 1. The third-order valence-electron chi connectivity index (χ3n) is 9.91. The summed E-state index contributed by atoms with van der Waals surface area (Å²) in [6.45, 7) is 9.17. The van der Waals surface area contributed by atoms with Gasteiger partial charge in [-0.25, -0.2) is 0 Å². The van der Waals surface area contributed by atoms with Crippen LogP contribution in [0.5, 0.6) is 0 Å². The number of ether oxygens (including phenoxy) is 3. The maximum Gasteiger partial charge on any atom is 0.305 e. The molecule has 9 atom stereocenters. The zero-order valence-corrected chi connectivity index (χ0v) is 19.9. The highest BCUT2D eigenvalue weighted by molar-refractivity contribution is 5.97. The minimum Gasteiger partial charge on any atom is -0.472 e. The zero-order valence-electron chi connectivity index (χ0n) is 19.9. The van der Waals surface area contributed by atoms with E-state index in [2.05, 4.69) is 27.7 Å². The quantitative estimate of drug-likeness (QED) is 0.505. The maximum absolute atomic E-state index is 13.7. The van der Waals surface area contributed by atoms with Crippen molar-refractivity contribution < 1.29 is 28.2 Å². The highest BCUT2D eigenvalue weighted by Gasteiger charge is 2.75. The van der Waals surface area contributed by atoms with Gasteiger partial charge in [-0.15, -0.1) is 0 Å². The highest BCUT2D eigenvalue weighted by atomic mass is 16.6. The van der Waals surface area contributed by atoms with Crippen LogP contribution in [0, 0.1) is 28.1 Å². The Morgan fingerprint density at radius 1 is 1.24 bits per heavy atom. The minimum absolute atomic E-state index is 0.0420. The summed E-state index contributed by atoms with van der Waals surface area (Å²) >= 11 is 0. The van der Waals surface area contributed by atoms with Crippen molar-refractivity contribution in [1.82, 2.24) is 0 Å². The first kappa shape index (κ1) is 21.4. The van der Waals surface area contributed by atoms with Crippen molar-refractivity contribution in [3.05, 3.63) is 47.5 Å². The third-order valence-corrected chi connectivity index (χ3v) is 9.91. The number of hydrogen-bond acceptors (Lipinski definition) is 6. The molecule has 0 spiro atoms. The van der Waals surface area contributed by atoms with Crippen molar-refractivity contribution in [2.75, 3.05) is 13.7 Å². The van der Waals surface area contributed by atoms with Crippen LogP contribution >= 0.6 is 0 Å². The molecule has 2 unspecified atom stereocenters. The molecule has 0 radical (unpaired) electrons. The summed E-state index contributed by atoms with van der Waals surface area (Å²) in [4.78, 5) is 26.4. The molecular formula is C27H32O6. The van der Waals surface area contributed by atoms with Crippen molar-refractivity contribution in [3.8, 4) is 0 Å². The van der Waals surface area contributed by atoms with Gasteiger partial charge in [0.05, 0.1) is 51.0 Å². The largest absolute Gasteiger partial charge is 0.472 e. The topological polar surface area (TPSA) is 75.0 Å².